The predicted molar refractivity (Wildman–Crippen MR) is 149 cm³/mol. The number of anilines is 2. The maximum atomic E-state index is 13.3. The number of piperazine rings is 1. The molecule has 39 heavy (non-hydrogen) atoms. The summed E-state index contributed by atoms with van der Waals surface area (Å²) in [7, 11) is 0. The Morgan fingerprint density at radius 2 is 1.36 bits per heavy atom. The molecule has 3 aromatic carbocycles. The van der Waals surface area contributed by atoms with Crippen molar-refractivity contribution < 1.29 is 18.8 Å². The number of carbonyl (C=O) groups is 3. The van der Waals surface area contributed by atoms with Crippen LogP contribution in [0.3, 0.4) is 0 Å². The molecule has 8 nitrogen and oxygen atoms in total. The Labute approximate surface area is 227 Å². The molecule has 9 heteroatoms. The van der Waals surface area contributed by atoms with Gasteiger partial charge >= 0.3 is 0 Å². The molecule has 0 aromatic heterocycles. The maximum Gasteiger partial charge on any atom is 0.255 e. The zero-order valence-electron chi connectivity index (χ0n) is 21.7. The molecule has 0 saturated carbocycles. The van der Waals surface area contributed by atoms with Gasteiger partial charge < -0.3 is 25.3 Å². The number of nitrogens with zero attached hydrogens (tertiary/aromatic N) is 3. The molecule has 0 bridgehead atoms. The van der Waals surface area contributed by atoms with Crippen molar-refractivity contribution in [2.45, 2.75) is 6.42 Å². The van der Waals surface area contributed by atoms with Crippen LogP contribution in [0.2, 0.25) is 0 Å². The highest BCUT2D eigenvalue weighted by molar-refractivity contribution is 6.07. The van der Waals surface area contributed by atoms with Crippen LogP contribution >= 0.6 is 0 Å². The molecular weight excluding hydrogens is 497 g/mol. The zero-order chi connectivity index (χ0) is 27.2. The number of benzene rings is 3. The zero-order valence-corrected chi connectivity index (χ0v) is 21.7. The summed E-state index contributed by atoms with van der Waals surface area (Å²) in [4.78, 5) is 45.1. The first kappa shape index (κ1) is 26.4. The van der Waals surface area contributed by atoms with Crippen molar-refractivity contribution in [2.24, 2.45) is 0 Å². The van der Waals surface area contributed by atoms with Crippen LogP contribution in [0.15, 0.2) is 72.8 Å². The summed E-state index contributed by atoms with van der Waals surface area (Å²) in [5.41, 5.74) is 2.85. The first-order valence-corrected chi connectivity index (χ1v) is 13.3. The van der Waals surface area contributed by atoms with Crippen molar-refractivity contribution in [3.05, 3.63) is 95.3 Å². The van der Waals surface area contributed by atoms with Crippen LogP contribution in [0.5, 0.6) is 0 Å². The molecule has 2 fully saturated rings. The van der Waals surface area contributed by atoms with Crippen molar-refractivity contribution in [1.82, 2.24) is 15.1 Å². The SMILES string of the molecule is O=C(Nc1cc(C(=O)N2CCNCC2)ccc1N1CCCN(C(=O)c2ccc(F)cc2)CC1)c1ccccc1. The standard InChI is InChI=1S/C30H32FN5O3/c31-25-10-7-23(8-11-25)29(38)35-16-4-15-34(19-20-35)27-12-9-24(30(39)36-17-13-32-14-18-36)21-26(27)33-28(37)22-5-2-1-3-6-22/h1-3,5-12,21,32H,4,13-20H2,(H,33,37). The normalized spacial score (nSPS) is 16.0. The molecule has 202 valence electrons. The van der Waals surface area contributed by atoms with Crippen molar-refractivity contribution in [1.29, 1.82) is 0 Å². The first-order chi connectivity index (χ1) is 19.0. The Bertz CT molecular complexity index is 1330. The van der Waals surface area contributed by atoms with Crippen LogP contribution in [-0.4, -0.2) is 79.9 Å². The van der Waals surface area contributed by atoms with Gasteiger partial charge in [0.2, 0.25) is 0 Å². The van der Waals surface area contributed by atoms with Gasteiger partial charge in [-0.15, -0.1) is 0 Å². The lowest BCUT2D eigenvalue weighted by Gasteiger charge is -2.29. The highest BCUT2D eigenvalue weighted by atomic mass is 19.1. The average Bonchev–Trinajstić information content (AvgIpc) is 3.24. The van der Waals surface area contributed by atoms with Gasteiger partial charge in [0.25, 0.3) is 17.7 Å². The third-order valence-corrected chi connectivity index (χ3v) is 7.15. The van der Waals surface area contributed by atoms with Crippen LogP contribution in [0.25, 0.3) is 0 Å². The quantitative estimate of drug-likeness (QED) is 0.529. The van der Waals surface area contributed by atoms with Gasteiger partial charge in [-0.25, -0.2) is 4.39 Å². The van der Waals surface area contributed by atoms with E-state index in [9.17, 15) is 18.8 Å². The minimum Gasteiger partial charge on any atom is -0.368 e. The molecule has 0 unspecified atom stereocenters. The monoisotopic (exact) mass is 529 g/mol. The van der Waals surface area contributed by atoms with E-state index in [0.717, 1.165) is 25.2 Å². The molecule has 0 spiro atoms. The second-order valence-electron chi connectivity index (χ2n) is 9.73. The van der Waals surface area contributed by atoms with Crippen molar-refractivity contribution in [3.8, 4) is 0 Å². The summed E-state index contributed by atoms with van der Waals surface area (Å²) < 4.78 is 13.3. The van der Waals surface area contributed by atoms with Crippen molar-refractivity contribution in [3.63, 3.8) is 0 Å². The van der Waals surface area contributed by atoms with E-state index in [1.807, 2.05) is 35.2 Å². The minimum absolute atomic E-state index is 0.0646. The third kappa shape index (κ3) is 6.26. The Morgan fingerprint density at radius 3 is 2.10 bits per heavy atom. The van der Waals surface area contributed by atoms with Gasteiger partial charge in [0.05, 0.1) is 11.4 Å². The van der Waals surface area contributed by atoms with E-state index in [1.165, 1.54) is 24.3 Å². The van der Waals surface area contributed by atoms with Crippen LogP contribution in [0.4, 0.5) is 15.8 Å². The largest absolute Gasteiger partial charge is 0.368 e. The lowest BCUT2D eigenvalue weighted by Crippen LogP contribution is -2.46. The third-order valence-electron chi connectivity index (χ3n) is 7.15. The molecule has 0 radical (unpaired) electrons. The lowest BCUT2D eigenvalue weighted by molar-refractivity contribution is 0.0734. The van der Waals surface area contributed by atoms with Gasteiger partial charge in [-0.1, -0.05) is 18.2 Å². The number of hydrogen-bond acceptors (Lipinski definition) is 5. The molecule has 2 aliphatic heterocycles. The summed E-state index contributed by atoms with van der Waals surface area (Å²) >= 11 is 0. The minimum atomic E-state index is -0.377. The molecule has 0 aliphatic carbocycles. The topological polar surface area (TPSA) is 85.0 Å². The highest BCUT2D eigenvalue weighted by Crippen LogP contribution is 2.30. The Kier molecular flexibility index (Phi) is 8.17. The molecule has 5 rings (SSSR count). The number of rotatable bonds is 5. The smallest absolute Gasteiger partial charge is 0.255 e. The van der Waals surface area contributed by atoms with Gasteiger partial charge in [0.1, 0.15) is 5.82 Å². The van der Waals surface area contributed by atoms with Gasteiger partial charge in [0.15, 0.2) is 0 Å². The van der Waals surface area contributed by atoms with Gasteiger partial charge in [-0.3, -0.25) is 14.4 Å². The van der Waals surface area contributed by atoms with Gasteiger partial charge in [-0.05, 0) is 61.0 Å². The Hall–Kier alpha value is -4.24. The highest BCUT2D eigenvalue weighted by Gasteiger charge is 2.24. The summed E-state index contributed by atoms with van der Waals surface area (Å²) in [5, 5.41) is 6.28. The van der Waals surface area contributed by atoms with Crippen LogP contribution < -0.4 is 15.5 Å². The maximum absolute atomic E-state index is 13.3. The molecule has 2 N–H and O–H groups in total. The molecule has 2 saturated heterocycles. The molecule has 3 aromatic rings. The predicted octanol–water partition coefficient (Wildman–Crippen LogP) is 3.48. The Balaban J connectivity index is 1.38. The summed E-state index contributed by atoms with van der Waals surface area (Å²) in [6, 6.07) is 20.0. The van der Waals surface area contributed by atoms with Crippen molar-refractivity contribution in [2.75, 3.05) is 62.6 Å². The fourth-order valence-electron chi connectivity index (χ4n) is 5.02. The van der Waals surface area contributed by atoms with E-state index >= 15 is 0 Å². The van der Waals surface area contributed by atoms with E-state index in [4.69, 9.17) is 0 Å². The summed E-state index contributed by atoms with van der Waals surface area (Å²) in [5.74, 6) is -0.833. The molecular formula is C30H32FN5O3. The molecule has 2 aliphatic rings. The van der Waals surface area contributed by atoms with E-state index < -0.39 is 0 Å². The number of amides is 3. The van der Waals surface area contributed by atoms with Crippen molar-refractivity contribution >= 4 is 29.1 Å². The van der Waals surface area contributed by atoms with Gasteiger partial charge in [-0.2, -0.15) is 0 Å². The lowest BCUT2D eigenvalue weighted by atomic mass is 10.1. The van der Waals surface area contributed by atoms with E-state index in [-0.39, 0.29) is 23.5 Å². The van der Waals surface area contributed by atoms with E-state index in [1.54, 1.807) is 23.1 Å². The van der Waals surface area contributed by atoms with Crippen LogP contribution in [0, 0.1) is 5.82 Å². The van der Waals surface area contributed by atoms with Gasteiger partial charge in [0, 0.05) is 69.0 Å². The second-order valence-corrected chi connectivity index (χ2v) is 9.73. The molecule has 0 atom stereocenters. The average molecular weight is 530 g/mol. The number of carbonyl (C=O) groups excluding carboxylic acids is 3. The second kappa shape index (κ2) is 12.1. The number of halogens is 1. The fraction of sp³-hybridized carbons (Fsp3) is 0.300. The number of hydrogen-bond donors (Lipinski definition) is 2. The van der Waals surface area contributed by atoms with Crippen LogP contribution in [0.1, 0.15) is 37.5 Å². The molecule has 3 amide bonds. The van der Waals surface area contributed by atoms with E-state index in [2.05, 4.69) is 15.5 Å². The van der Waals surface area contributed by atoms with E-state index in [0.29, 0.717) is 61.6 Å². The summed E-state index contributed by atoms with van der Waals surface area (Å²) in [6.07, 6.45) is 0.723. The van der Waals surface area contributed by atoms with Crippen LogP contribution in [-0.2, 0) is 0 Å². The summed E-state index contributed by atoms with van der Waals surface area (Å²) in [6.45, 7) is 5.04. The number of nitrogens with one attached hydrogen (secondary N) is 2. The first-order valence-electron chi connectivity index (χ1n) is 13.3. The molecule has 2 heterocycles. The fourth-order valence-corrected chi connectivity index (χ4v) is 5.02. The Morgan fingerprint density at radius 1 is 0.692 bits per heavy atom.